The summed E-state index contributed by atoms with van der Waals surface area (Å²) in [6.45, 7) is 1.00. The molecule has 0 amide bonds. The molecule has 0 saturated heterocycles. The number of rotatable bonds is 6. The van der Waals surface area contributed by atoms with E-state index in [0.717, 1.165) is 11.9 Å². The summed E-state index contributed by atoms with van der Waals surface area (Å²) in [4.78, 5) is 20.6. The number of carbonyl (C=O) groups is 1. The molecule has 10 heteroatoms. The van der Waals surface area contributed by atoms with Crippen LogP contribution in [-0.2, 0) is 34.3 Å². The number of furan rings is 1. The van der Waals surface area contributed by atoms with Crippen molar-refractivity contribution in [2.24, 2.45) is 0 Å². The van der Waals surface area contributed by atoms with Crippen LogP contribution in [0.1, 0.15) is 29.0 Å². The monoisotopic (exact) mass is 368 g/mol. The van der Waals surface area contributed by atoms with Gasteiger partial charge in [-0.15, -0.1) is 0 Å². The van der Waals surface area contributed by atoms with Crippen molar-refractivity contribution in [1.82, 2.24) is 19.2 Å². The maximum atomic E-state index is 11.7. The second kappa shape index (κ2) is 6.62. The highest BCUT2D eigenvalue weighted by molar-refractivity contribution is 7.88. The van der Waals surface area contributed by atoms with Crippen molar-refractivity contribution < 1.29 is 22.7 Å². The summed E-state index contributed by atoms with van der Waals surface area (Å²) in [5.74, 6) is 0.131. The fourth-order valence-corrected chi connectivity index (χ4v) is 3.26. The van der Waals surface area contributed by atoms with Crippen molar-refractivity contribution in [1.29, 1.82) is 0 Å². The Morgan fingerprint density at radius 1 is 1.48 bits per heavy atom. The number of nitrogens with one attached hydrogen (secondary N) is 1. The Kier molecular flexibility index (Phi) is 4.67. The van der Waals surface area contributed by atoms with Gasteiger partial charge in [-0.2, -0.15) is 4.31 Å². The Labute approximate surface area is 145 Å². The normalized spacial score (nSPS) is 18.4. The minimum atomic E-state index is -3.29. The van der Waals surface area contributed by atoms with E-state index in [9.17, 15) is 18.3 Å². The molecular weight excluding hydrogens is 348 g/mol. The van der Waals surface area contributed by atoms with E-state index in [1.807, 2.05) is 0 Å². The number of aromatic nitrogens is 2. The zero-order valence-corrected chi connectivity index (χ0v) is 14.8. The van der Waals surface area contributed by atoms with Gasteiger partial charge < -0.3 is 14.5 Å². The molecule has 3 rings (SSSR count). The quantitative estimate of drug-likeness (QED) is 0.765. The van der Waals surface area contributed by atoms with Crippen molar-refractivity contribution in [3.8, 4) is 0 Å². The van der Waals surface area contributed by atoms with Crippen LogP contribution in [0.5, 0.6) is 0 Å². The zero-order chi connectivity index (χ0) is 18.2. The number of imidazole rings is 1. The van der Waals surface area contributed by atoms with E-state index in [-0.39, 0.29) is 6.54 Å². The van der Waals surface area contributed by atoms with Crippen LogP contribution in [0.2, 0.25) is 0 Å². The molecule has 0 bridgehead atoms. The van der Waals surface area contributed by atoms with Gasteiger partial charge in [0.05, 0.1) is 31.4 Å². The summed E-state index contributed by atoms with van der Waals surface area (Å²) in [6.07, 6.45) is 3.32. The third-order valence-corrected chi connectivity index (χ3v) is 5.54. The molecule has 1 aliphatic heterocycles. The fraction of sp³-hybridized carbons (Fsp3) is 0.467. The molecule has 1 atom stereocenters. The second-order valence-corrected chi connectivity index (χ2v) is 8.20. The van der Waals surface area contributed by atoms with E-state index >= 15 is 0 Å². The van der Waals surface area contributed by atoms with Gasteiger partial charge in [-0.05, 0) is 12.1 Å². The van der Waals surface area contributed by atoms with Gasteiger partial charge in [0.2, 0.25) is 10.0 Å². The predicted molar refractivity (Wildman–Crippen MR) is 88.1 cm³/mol. The molecule has 25 heavy (non-hydrogen) atoms. The van der Waals surface area contributed by atoms with E-state index in [1.165, 1.54) is 17.7 Å². The first kappa shape index (κ1) is 17.6. The van der Waals surface area contributed by atoms with E-state index in [0.29, 0.717) is 36.7 Å². The summed E-state index contributed by atoms with van der Waals surface area (Å²) >= 11 is 0. The lowest BCUT2D eigenvalue weighted by Crippen LogP contribution is -2.39. The van der Waals surface area contributed by atoms with Gasteiger partial charge in [0, 0.05) is 25.7 Å². The lowest BCUT2D eigenvalue weighted by molar-refractivity contribution is -0.144. The number of carboxylic acids is 1. The first-order chi connectivity index (χ1) is 11.8. The highest BCUT2D eigenvalue weighted by Gasteiger charge is 2.35. The standard InChI is InChI=1S/C15H20N4O5S/c1-18(25(2,22)23)7-10-3-4-11(24-10)8-19-6-5-12-13(17-9-16-12)14(19)15(20)21/h3-4,9,14H,5-8H2,1-2H3,(H,16,17)(H,20,21). The minimum Gasteiger partial charge on any atom is -0.480 e. The molecular formula is C15H20N4O5S. The molecule has 0 fully saturated rings. The van der Waals surface area contributed by atoms with Gasteiger partial charge in [0.25, 0.3) is 0 Å². The first-order valence-corrected chi connectivity index (χ1v) is 9.58. The largest absolute Gasteiger partial charge is 0.480 e. The Bertz CT molecular complexity index is 872. The molecule has 2 aromatic rings. The molecule has 136 valence electrons. The minimum absolute atomic E-state index is 0.130. The maximum Gasteiger partial charge on any atom is 0.327 e. The Hall–Kier alpha value is -2.17. The van der Waals surface area contributed by atoms with Gasteiger partial charge in [-0.3, -0.25) is 9.69 Å². The van der Waals surface area contributed by atoms with Gasteiger partial charge in [0.15, 0.2) is 6.04 Å². The molecule has 9 nitrogen and oxygen atoms in total. The summed E-state index contributed by atoms with van der Waals surface area (Å²) in [6, 6.07) is 2.61. The molecule has 3 heterocycles. The smallest absolute Gasteiger partial charge is 0.327 e. The molecule has 1 aliphatic rings. The number of hydrogen-bond donors (Lipinski definition) is 2. The number of carboxylic acid groups (broad SMARTS) is 1. The Morgan fingerprint density at radius 3 is 2.88 bits per heavy atom. The van der Waals surface area contributed by atoms with Crippen LogP contribution in [0, 0.1) is 0 Å². The molecule has 0 radical (unpaired) electrons. The summed E-state index contributed by atoms with van der Waals surface area (Å²) < 4.78 is 29.8. The van der Waals surface area contributed by atoms with Gasteiger partial charge in [0.1, 0.15) is 11.5 Å². The molecule has 1 unspecified atom stereocenters. The van der Waals surface area contributed by atoms with E-state index in [2.05, 4.69) is 9.97 Å². The van der Waals surface area contributed by atoms with E-state index in [4.69, 9.17) is 4.42 Å². The first-order valence-electron chi connectivity index (χ1n) is 7.73. The van der Waals surface area contributed by atoms with Crippen molar-refractivity contribution in [2.75, 3.05) is 19.8 Å². The topological polar surface area (TPSA) is 120 Å². The van der Waals surface area contributed by atoms with Crippen molar-refractivity contribution in [3.63, 3.8) is 0 Å². The Morgan fingerprint density at radius 2 is 2.20 bits per heavy atom. The molecule has 0 saturated carbocycles. The number of H-pyrrole nitrogens is 1. The van der Waals surface area contributed by atoms with Crippen molar-refractivity contribution >= 4 is 16.0 Å². The molecule has 2 aromatic heterocycles. The van der Waals surface area contributed by atoms with Crippen LogP contribution in [0.4, 0.5) is 0 Å². The third-order valence-electron chi connectivity index (χ3n) is 4.28. The molecule has 0 aliphatic carbocycles. The van der Waals surface area contributed by atoms with Crippen LogP contribution in [0.25, 0.3) is 0 Å². The number of aliphatic carboxylic acids is 1. The van der Waals surface area contributed by atoms with E-state index < -0.39 is 22.0 Å². The van der Waals surface area contributed by atoms with Crippen molar-refractivity contribution in [3.05, 3.63) is 41.4 Å². The van der Waals surface area contributed by atoms with Crippen LogP contribution in [0.3, 0.4) is 0 Å². The van der Waals surface area contributed by atoms with Crippen molar-refractivity contribution in [2.45, 2.75) is 25.6 Å². The zero-order valence-electron chi connectivity index (χ0n) is 14.0. The lowest BCUT2D eigenvalue weighted by Gasteiger charge is -2.31. The van der Waals surface area contributed by atoms with Gasteiger partial charge >= 0.3 is 5.97 Å². The molecule has 2 N–H and O–H groups in total. The SMILES string of the molecule is CN(Cc1ccc(CN2CCc3[nH]cnc3C2C(=O)O)o1)S(C)(=O)=O. The third kappa shape index (κ3) is 3.75. The van der Waals surface area contributed by atoms with Gasteiger partial charge in [-0.1, -0.05) is 0 Å². The number of nitrogens with zero attached hydrogens (tertiary/aromatic N) is 3. The fourth-order valence-electron chi connectivity index (χ4n) is 2.90. The number of sulfonamides is 1. The lowest BCUT2D eigenvalue weighted by atomic mass is 10.0. The summed E-state index contributed by atoms with van der Waals surface area (Å²) in [7, 11) is -1.82. The number of aromatic amines is 1. The predicted octanol–water partition coefficient (Wildman–Crippen LogP) is 0.578. The van der Waals surface area contributed by atoms with Crippen LogP contribution >= 0.6 is 0 Å². The highest BCUT2D eigenvalue weighted by atomic mass is 32.2. The maximum absolute atomic E-state index is 11.7. The number of fused-ring (bicyclic) bond motifs is 1. The molecule has 0 spiro atoms. The summed E-state index contributed by atoms with van der Waals surface area (Å²) in [5.41, 5.74) is 1.38. The Balaban J connectivity index is 1.73. The van der Waals surface area contributed by atoms with E-state index in [1.54, 1.807) is 17.0 Å². The van der Waals surface area contributed by atoms with Gasteiger partial charge in [-0.25, -0.2) is 13.4 Å². The van der Waals surface area contributed by atoms with Crippen LogP contribution in [0.15, 0.2) is 22.9 Å². The average Bonchev–Trinajstić information content (AvgIpc) is 3.14. The second-order valence-electron chi connectivity index (χ2n) is 6.11. The van der Waals surface area contributed by atoms with Crippen LogP contribution < -0.4 is 0 Å². The van der Waals surface area contributed by atoms with Crippen LogP contribution in [-0.4, -0.2) is 58.5 Å². The summed E-state index contributed by atoms with van der Waals surface area (Å²) in [5, 5.41) is 9.57. The highest BCUT2D eigenvalue weighted by Crippen LogP contribution is 2.29. The average molecular weight is 368 g/mol. The molecule has 0 aromatic carbocycles. The number of hydrogen-bond acceptors (Lipinski definition) is 6.